The molecule has 0 spiro atoms. The first kappa shape index (κ1) is 30.6. The molecule has 45 heavy (non-hydrogen) atoms. The summed E-state index contributed by atoms with van der Waals surface area (Å²) in [6.45, 7) is -5.58. The van der Waals surface area contributed by atoms with Crippen molar-refractivity contribution in [3.63, 3.8) is 0 Å². The van der Waals surface area contributed by atoms with Crippen LogP contribution in [0.25, 0.3) is 22.3 Å². The van der Waals surface area contributed by atoms with E-state index < -0.39 is 82.4 Å². The Labute approximate surface area is 254 Å². The molecule has 9 N–H and O–H groups in total. The fourth-order valence-electron chi connectivity index (χ4n) is 5.30. The topological polar surface area (TPSA) is 313 Å². The van der Waals surface area contributed by atoms with Gasteiger partial charge in [-0.1, -0.05) is 0 Å². The molecule has 0 saturated carbocycles. The largest absolute Gasteiger partial charge is 0.472 e. The Morgan fingerprint density at radius 2 is 1.58 bits per heavy atom. The van der Waals surface area contributed by atoms with Crippen molar-refractivity contribution in [3.8, 4) is 0 Å². The third-order valence-corrected chi connectivity index (χ3v) is 9.87. The lowest BCUT2D eigenvalue weighted by atomic mass is 10.1. The summed E-state index contributed by atoms with van der Waals surface area (Å²) in [6.07, 6.45) is -8.15. The maximum absolute atomic E-state index is 13.2. The van der Waals surface area contributed by atoms with Gasteiger partial charge >= 0.3 is 14.5 Å². The molecule has 4 aromatic rings. The number of imidazole rings is 2. The highest BCUT2D eigenvalue weighted by Crippen LogP contribution is 2.53. The molecule has 4 unspecified atom stereocenters. The van der Waals surface area contributed by atoms with E-state index in [1.807, 2.05) is 0 Å². The van der Waals surface area contributed by atoms with Crippen molar-refractivity contribution in [2.45, 2.75) is 49.1 Å². The van der Waals surface area contributed by atoms with Crippen molar-refractivity contribution >= 4 is 60.4 Å². The molecule has 4 aromatic heterocycles. The molecule has 25 heteroatoms. The number of rotatable bonds is 2. The molecule has 22 nitrogen and oxygen atoms in total. The first-order chi connectivity index (χ1) is 21.3. The standard InChI is InChI=1S/C20H24N10O12P2S/c21-14-8-15(24-3-23-14)29(4-25-8)18-11(32)12-7(40-18)2-37-43(34,35)41-13-10(31)6(1-38-44(36,45)42-12)39-19(13)30-5-26-9-16(30)27-20(22)28-17(9)33/h3-7,10-13,18-19,31-32H,1-2H2,(H,34,35)(H,36,45)(H2,21,23,24)(H3,22,27,28,33)/t6-,7-,10?,11?,12+,13+,18-,19-,44?/m1/s1. The van der Waals surface area contributed by atoms with E-state index in [0.29, 0.717) is 0 Å². The Morgan fingerprint density at radius 3 is 2.36 bits per heavy atom. The number of hydrogen-bond donors (Lipinski definition) is 7. The predicted octanol–water partition coefficient (Wildman–Crippen LogP) is -2.23. The monoisotopic (exact) mass is 690 g/mol. The highest BCUT2D eigenvalue weighted by atomic mass is 32.5. The number of aliphatic hydroxyl groups excluding tert-OH is 2. The van der Waals surface area contributed by atoms with Crippen molar-refractivity contribution in [1.29, 1.82) is 0 Å². The fraction of sp³-hybridized carbons (Fsp3) is 0.500. The molecule has 10 atom stereocenters. The van der Waals surface area contributed by atoms with Gasteiger partial charge in [-0.2, -0.15) is 4.98 Å². The molecular weight excluding hydrogens is 666 g/mol. The van der Waals surface area contributed by atoms with Gasteiger partial charge in [-0.3, -0.25) is 32.5 Å². The molecule has 2 bridgehead atoms. The van der Waals surface area contributed by atoms with Crippen LogP contribution in [0.1, 0.15) is 12.5 Å². The van der Waals surface area contributed by atoms with Gasteiger partial charge in [0.25, 0.3) is 5.56 Å². The van der Waals surface area contributed by atoms with E-state index in [-0.39, 0.29) is 34.1 Å². The number of nitrogen functional groups attached to an aromatic ring is 2. The molecule has 3 aliphatic heterocycles. The number of hydrogen-bond acceptors (Lipinski definition) is 18. The molecule has 0 aliphatic carbocycles. The second kappa shape index (κ2) is 11.1. The minimum atomic E-state index is -5.06. The van der Waals surface area contributed by atoms with E-state index in [1.54, 1.807) is 0 Å². The lowest BCUT2D eigenvalue weighted by molar-refractivity contribution is -0.0647. The summed E-state index contributed by atoms with van der Waals surface area (Å²) in [7, 11) is -5.06. The van der Waals surface area contributed by atoms with Gasteiger partial charge in [0.05, 0.1) is 25.9 Å². The van der Waals surface area contributed by atoms with Crippen molar-refractivity contribution in [3.05, 3.63) is 29.3 Å². The average molecular weight is 690 g/mol. The average Bonchev–Trinajstić information content (AvgIpc) is 3.72. The zero-order valence-electron chi connectivity index (χ0n) is 22.4. The van der Waals surface area contributed by atoms with Crippen LogP contribution in [0.2, 0.25) is 0 Å². The first-order valence-electron chi connectivity index (χ1n) is 13.0. The molecule has 3 aliphatic rings. The van der Waals surface area contributed by atoms with Gasteiger partial charge in [0.2, 0.25) is 5.95 Å². The van der Waals surface area contributed by atoms with Gasteiger partial charge in [0.1, 0.15) is 48.5 Å². The van der Waals surface area contributed by atoms with Gasteiger partial charge < -0.3 is 45.5 Å². The zero-order valence-corrected chi connectivity index (χ0v) is 25.0. The minimum absolute atomic E-state index is 0.0677. The summed E-state index contributed by atoms with van der Waals surface area (Å²) in [5.74, 6) is -0.189. The third kappa shape index (κ3) is 5.44. The smallest absolute Gasteiger partial charge is 0.387 e. The molecule has 3 saturated heterocycles. The summed E-state index contributed by atoms with van der Waals surface area (Å²) >= 11 is 5.18. The molecule has 0 radical (unpaired) electrons. The normalized spacial score (nSPS) is 37.7. The highest BCUT2D eigenvalue weighted by molar-refractivity contribution is 8.07. The van der Waals surface area contributed by atoms with Gasteiger partial charge in [0.15, 0.2) is 35.1 Å². The van der Waals surface area contributed by atoms with Gasteiger partial charge in [0, 0.05) is 0 Å². The third-order valence-electron chi connectivity index (χ3n) is 7.32. The number of nitrogens with zero attached hydrogens (tertiary/aromatic N) is 7. The first-order valence-corrected chi connectivity index (χ1v) is 17.0. The molecule has 7 rings (SSSR count). The molecule has 7 heterocycles. The summed E-state index contributed by atoms with van der Waals surface area (Å²) in [6, 6.07) is 0. The Hall–Kier alpha value is -3.02. The maximum atomic E-state index is 13.2. The summed E-state index contributed by atoms with van der Waals surface area (Å²) < 4.78 is 49.2. The maximum Gasteiger partial charge on any atom is 0.472 e. The number of nitrogens with one attached hydrogen (secondary N) is 1. The lowest BCUT2D eigenvalue weighted by Gasteiger charge is -2.27. The quantitative estimate of drug-likeness (QED) is 0.109. The Balaban J connectivity index is 1.21. The van der Waals surface area contributed by atoms with E-state index in [2.05, 4.69) is 29.9 Å². The number of aromatic nitrogens is 8. The van der Waals surface area contributed by atoms with Gasteiger partial charge in [-0.05, 0) is 11.8 Å². The van der Waals surface area contributed by atoms with Crippen molar-refractivity contribution in [2.75, 3.05) is 24.7 Å². The fourth-order valence-corrected chi connectivity index (χ4v) is 7.67. The number of anilines is 2. The van der Waals surface area contributed by atoms with Crippen molar-refractivity contribution < 1.29 is 52.1 Å². The van der Waals surface area contributed by atoms with Crippen LogP contribution < -0.4 is 17.0 Å². The lowest BCUT2D eigenvalue weighted by Crippen LogP contribution is -2.36. The molecule has 242 valence electrons. The van der Waals surface area contributed by atoms with Crippen LogP contribution in [-0.4, -0.2) is 109 Å². The second-order valence-corrected chi connectivity index (χ2v) is 14.3. The van der Waals surface area contributed by atoms with E-state index in [9.17, 15) is 29.4 Å². The van der Waals surface area contributed by atoms with Crippen LogP contribution in [0.3, 0.4) is 0 Å². The predicted molar refractivity (Wildman–Crippen MR) is 150 cm³/mol. The number of ether oxygens (including phenoxy) is 2. The van der Waals surface area contributed by atoms with Crippen molar-refractivity contribution in [2.24, 2.45) is 0 Å². The van der Waals surface area contributed by atoms with E-state index in [4.69, 9.17) is 50.8 Å². The van der Waals surface area contributed by atoms with Gasteiger partial charge in [-0.25, -0.2) is 24.5 Å². The number of nitrogens with two attached hydrogens (primary N) is 2. The summed E-state index contributed by atoms with van der Waals surface area (Å²) in [5, 5.41) is 22.3. The molecule has 0 amide bonds. The van der Waals surface area contributed by atoms with Crippen LogP contribution in [0.5, 0.6) is 0 Å². The van der Waals surface area contributed by atoms with Crippen LogP contribution in [0.4, 0.5) is 11.8 Å². The SMILES string of the molecule is Nc1nc2c(ncn2[C@@H]2O[C@@H]3COP(O)(=S)O[C@@H]4C(O)[C@H](n5cnc6c(N)ncnc65)O[C@@H]4COP(=O)(O)O[C@H]2C3O)c(=O)[nH]1. The Bertz CT molecular complexity index is 1940. The number of aliphatic hydroxyl groups is 2. The van der Waals surface area contributed by atoms with Crippen LogP contribution >= 0.6 is 14.5 Å². The van der Waals surface area contributed by atoms with E-state index in [1.165, 1.54) is 17.2 Å². The minimum Gasteiger partial charge on any atom is -0.387 e. The molecule has 0 aromatic carbocycles. The van der Waals surface area contributed by atoms with E-state index in [0.717, 1.165) is 10.9 Å². The molecule has 3 fully saturated rings. The number of phosphoric ester groups is 1. The van der Waals surface area contributed by atoms with Crippen LogP contribution in [0, 0.1) is 0 Å². The number of phosphoric acid groups is 1. The van der Waals surface area contributed by atoms with Crippen LogP contribution in [-0.2, 0) is 43.9 Å². The zero-order chi connectivity index (χ0) is 31.8. The summed E-state index contributed by atoms with van der Waals surface area (Å²) in [4.78, 5) is 56.4. The molecular formula is C20H24N10O12P2S. The highest BCUT2D eigenvalue weighted by Gasteiger charge is 2.53. The second-order valence-electron chi connectivity index (χ2n) is 10.1. The number of fused-ring (bicyclic) bond motifs is 5. The Kier molecular flexibility index (Phi) is 7.52. The number of aromatic amines is 1. The van der Waals surface area contributed by atoms with Crippen molar-refractivity contribution in [1.82, 2.24) is 39.0 Å². The van der Waals surface area contributed by atoms with Crippen LogP contribution in [0.15, 0.2) is 23.8 Å². The van der Waals surface area contributed by atoms with E-state index >= 15 is 0 Å². The Morgan fingerprint density at radius 1 is 0.889 bits per heavy atom. The number of H-pyrrole nitrogens is 1. The van der Waals surface area contributed by atoms with Gasteiger partial charge in [-0.15, -0.1) is 0 Å². The summed E-state index contributed by atoms with van der Waals surface area (Å²) in [5.41, 5.74) is 11.0.